The van der Waals surface area contributed by atoms with E-state index in [-0.39, 0.29) is 90.5 Å². The van der Waals surface area contributed by atoms with Gasteiger partial charge in [0, 0.05) is 54.6 Å². The van der Waals surface area contributed by atoms with Gasteiger partial charge in [0.1, 0.15) is 12.4 Å². The molecular formula is C64H72N2O10. The number of ketones is 3. The van der Waals surface area contributed by atoms with Gasteiger partial charge in [-0.15, -0.1) is 5.73 Å². The fraction of sp³-hybridized carbons (Fsp3) is 0.422. The number of benzene rings is 3. The lowest BCUT2D eigenvalue weighted by molar-refractivity contribution is -0.143. The van der Waals surface area contributed by atoms with Crippen LogP contribution in [0.25, 0.3) is 11.6 Å². The Balaban J connectivity index is 0.845. The average molecular weight is 1030 g/mol. The molecule has 4 atom stereocenters. The van der Waals surface area contributed by atoms with Crippen molar-refractivity contribution in [1.29, 1.82) is 5.41 Å². The number of hydrogen-bond donors (Lipinski definition) is 1. The van der Waals surface area contributed by atoms with Gasteiger partial charge in [-0.25, -0.2) is 0 Å². The summed E-state index contributed by atoms with van der Waals surface area (Å²) < 4.78 is 29.1. The number of amides is 1. The van der Waals surface area contributed by atoms with Crippen LogP contribution in [0.3, 0.4) is 0 Å². The van der Waals surface area contributed by atoms with Gasteiger partial charge in [-0.2, -0.15) is 0 Å². The van der Waals surface area contributed by atoms with Crippen LogP contribution in [0.1, 0.15) is 141 Å². The van der Waals surface area contributed by atoms with Gasteiger partial charge in [-0.1, -0.05) is 75.1 Å². The smallest absolute Gasteiger partial charge is 0.306 e. The van der Waals surface area contributed by atoms with Crippen LogP contribution >= 0.6 is 0 Å². The molecule has 0 bridgehead atoms. The van der Waals surface area contributed by atoms with Crippen molar-refractivity contribution in [3.05, 3.63) is 148 Å². The standard InChI is InChI=1S/C64H72N2O10/c1-7-28-76-63(70)27-24-52(40(2)3)56(67)25-16-41(4)58(69)38-55(65)44-21-19-42(20-22-44)49-31-45-13-10-14-47-34-61(59(72-5)36-53(47)57(68)26-23-46(45)32-49)74-29-11-30-75-62-35-48-12-8-9-15-51-33-50(43-17-18-43)39-66(51)64(71)54(48)37-60(62)73-6/h7,9,13-16,19-22,32,34-37,39-40,43,45-46,51-52,65H,1,8,11-12,17-18,23-31,33,38H2,2-6H3/b15-9?,41-16-,65-55?. The lowest BCUT2D eigenvalue weighted by atomic mass is 9.85. The van der Waals surface area contributed by atoms with Crippen molar-refractivity contribution in [1.82, 2.24) is 4.90 Å². The number of methoxy groups -OCH3 is 2. The molecule has 76 heavy (non-hydrogen) atoms. The van der Waals surface area contributed by atoms with Gasteiger partial charge in [0.05, 0.1) is 39.9 Å². The fourth-order valence-electron chi connectivity index (χ4n) is 10.7. The van der Waals surface area contributed by atoms with E-state index in [9.17, 15) is 24.0 Å². The molecule has 1 amide bonds. The summed E-state index contributed by atoms with van der Waals surface area (Å²) in [6.07, 6.45) is 23.5. The van der Waals surface area contributed by atoms with Crippen LogP contribution in [0.15, 0.2) is 115 Å². The molecule has 1 fully saturated rings. The van der Waals surface area contributed by atoms with E-state index in [2.05, 4.69) is 42.8 Å². The second-order valence-electron chi connectivity index (χ2n) is 21.0. The lowest BCUT2D eigenvalue weighted by Gasteiger charge is -2.22. The third-order valence-corrected chi connectivity index (χ3v) is 15.3. The third-order valence-electron chi connectivity index (χ3n) is 15.3. The lowest BCUT2D eigenvalue weighted by Crippen LogP contribution is -2.31. The molecule has 2 heterocycles. The van der Waals surface area contributed by atoms with E-state index in [1.807, 2.05) is 67.3 Å². The number of carbonyl (C=O) groups excluding carboxylic acids is 5. The molecule has 12 heteroatoms. The molecule has 0 saturated heterocycles. The summed E-state index contributed by atoms with van der Waals surface area (Å²) in [5, 5.41) is 8.75. The minimum Gasteiger partial charge on any atom is -0.493 e. The molecule has 4 unspecified atom stereocenters. The molecule has 398 valence electrons. The first-order chi connectivity index (χ1) is 36.7. The van der Waals surface area contributed by atoms with E-state index >= 15 is 0 Å². The number of hydrogen-bond acceptors (Lipinski definition) is 11. The molecule has 0 aromatic heterocycles. The predicted molar refractivity (Wildman–Crippen MR) is 295 cm³/mol. The maximum absolute atomic E-state index is 14.0. The number of allylic oxidation sites excluding steroid dienone is 6. The van der Waals surface area contributed by atoms with Crippen LogP contribution in [-0.2, 0) is 25.5 Å². The highest BCUT2D eigenvalue weighted by Gasteiger charge is 2.37. The van der Waals surface area contributed by atoms with Crippen molar-refractivity contribution in [2.24, 2.45) is 29.6 Å². The highest BCUT2D eigenvalue weighted by atomic mass is 16.5. The van der Waals surface area contributed by atoms with Crippen LogP contribution in [0.4, 0.5) is 0 Å². The molecule has 3 aromatic rings. The molecule has 0 spiro atoms. The van der Waals surface area contributed by atoms with E-state index in [1.54, 1.807) is 33.3 Å². The predicted octanol–water partition coefficient (Wildman–Crippen LogP) is 12.4. The van der Waals surface area contributed by atoms with Gasteiger partial charge in [-0.05, 0) is 157 Å². The number of aryl methyl sites for hydroxylation is 1. The second kappa shape index (κ2) is 25.5. The van der Waals surface area contributed by atoms with Crippen LogP contribution in [-0.4, -0.2) is 79.9 Å². The Hall–Kier alpha value is -7.30. The van der Waals surface area contributed by atoms with Crippen molar-refractivity contribution in [2.75, 3.05) is 34.0 Å². The quantitative estimate of drug-likeness (QED) is 0.0242. The number of nitrogens with one attached hydrogen (secondary N) is 1. The SMILES string of the molecule is C=CCOC(=O)CCC(C(=O)C/C=C(/C)C(=O)CC(=N)c1ccc(C2=CC3CCC(=O)c4cc(OC)c(OCCCOc5cc6c(cc5OC)C(=O)N5C=C(C7CC7)CC5C=CCC6)cc4C=C=CC3C2)cc1)C(C)C. The first-order valence-electron chi connectivity index (χ1n) is 27.0. The van der Waals surface area contributed by atoms with Crippen LogP contribution < -0.4 is 18.9 Å². The molecular weight excluding hydrogens is 957 g/mol. The number of nitrogens with zero attached hydrogens (tertiary/aromatic N) is 1. The summed E-state index contributed by atoms with van der Waals surface area (Å²) in [7, 11) is 3.16. The Morgan fingerprint density at radius 2 is 1.62 bits per heavy atom. The number of Topliss-reactive ketones (excluding diaryl/α,β-unsaturated/α-hetero) is 3. The molecule has 3 aromatic carbocycles. The minimum atomic E-state index is -0.370. The summed E-state index contributed by atoms with van der Waals surface area (Å²) >= 11 is 0. The number of ether oxygens (including phenoxy) is 5. The van der Waals surface area contributed by atoms with Gasteiger partial charge < -0.3 is 34.0 Å². The van der Waals surface area contributed by atoms with Gasteiger partial charge in [0.25, 0.3) is 5.91 Å². The van der Waals surface area contributed by atoms with Crippen molar-refractivity contribution in [3.63, 3.8) is 0 Å². The Morgan fingerprint density at radius 3 is 2.32 bits per heavy atom. The first-order valence-corrected chi connectivity index (χ1v) is 27.0. The molecule has 5 aliphatic rings. The highest BCUT2D eigenvalue weighted by molar-refractivity contribution is 6.14. The van der Waals surface area contributed by atoms with Gasteiger partial charge in [0.15, 0.2) is 34.6 Å². The largest absolute Gasteiger partial charge is 0.493 e. The Morgan fingerprint density at radius 1 is 0.895 bits per heavy atom. The first kappa shape index (κ1) is 54.9. The molecule has 1 saturated carbocycles. The summed E-state index contributed by atoms with van der Waals surface area (Å²) in [5.74, 6) is 2.04. The molecule has 8 rings (SSSR count). The van der Waals surface area contributed by atoms with E-state index in [0.717, 1.165) is 42.4 Å². The zero-order chi connectivity index (χ0) is 53.9. The second-order valence-corrected chi connectivity index (χ2v) is 21.0. The molecule has 1 N–H and O–H groups in total. The number of fused-ring (bicyclic) bond motifs is 4. The van der Waals surface area contributed by atoms with E-state index in [4.69, 9.17) is 29.1 Å². The summed E-state index contributed by atoms with van der Waals surface area (Å²) in [5.41, 5.74) is 11.1. The monoisotopic (exact) mass is 1030 g/mol. The third kappa shape index (κ3) is 13.6. The summed E-state index contributed by atoms with van der Waals surface area (Å²) in [6.45, 7) is 9.91. The number of carbonyl (C=O) groups is 5. The Bertz CT molecular complexity index is 2920. The van der Waals surface area contributed by atoms with Crippen molar-refractivity contribution in [2.45, 2.75) is 110 Å². The summed E-state index contributed by atoms with van der Waals surface area (Å²) in [6, 6.07) is 15.1. The average Bonchev–Trinajstić information content (AvgIpc) is 4.04. The van der Waals surface area contributed by atoms with E-state index < -0.39 is 0 Å². The molecule has 2 aliphatic heterocycles. The zero-order valence-electron chi connectivity index (χ0n) is 44.8. The van der Waals surface area contributed by atoms with Crippen molar-refractivity contribution in [3.8, 4) is 23.0 Å². The van der Waals surface area contributed by atoms with E-state index in [1.165, 1.54) is 24.5 Å². The highest BCUT2D eigenvalue weighted by Crippen LogP contribution is 2.44. The van der Waals surface area contributed by atoms with Gasteiger partial charge in [0.2, 0.25) is 0 Å². The van der Waals surface area contributed by atoms with E-state index in [0.29, 0.717) is 95.6 Å². The minimum absolute atomic E-state index is 0.00509. The topological polar surface area (TPSA) is 159 Å². The van der Waals surface area contributed by atoms with Crippen LogP contribution in [0, 0.1) is 35.0 Å². The summed E-state index contributed by atoms with van der Waals surface area (Å²) in [4.78, 5) is 68.0. The van der Waals surface area contributed by atoms with Crippen molar-refractivity contribution >= 4 is 46.6 Å². The van der Waals surface area contributed by atoms with Crippen LogP contribution in [0.2, 0.25) is 0 Å². The van der Waals surface area contributed by atoms with Crippen molar-refractivity contribution < 1.29 is 47.7 Å². The maximum Gasteiger partial charge on any atom is 0.306 e. The number of esters is 1. The normalized spacial score (nSPS) is 19.4. The Labute approximate surface area is 447 Å². The molecule has 3 aliphatic carbocycles. The molecule has 12 nitrogen and oxygen atoms in total. The fourth-order valence-corrected chi connectivity index (χ4v) is 10.7. The van der Waals surface area contributed by atoms with Gasteiger partial charge in [-0.3, -0.25) is 24.0 Å². The Kier molecular flexibility index (Phi) is 18.4. The number of rotatable bonds is 23. The maximum atomic E-state index is 14.0. The zero-order valence-corrected chi connectivity index (χ0v) is 44.8. The van der Waals surface area contributed by atoms with Gasteiger partial charge >= 0.3 is 5.97 Å². The van der Waals surface area contributed by atoms with Crippen LogP contribution in [0.5, 0.6) is 23.0 Å². The molecule has 0 radical (unpaired) electrons.